The van der Waals surface area contributed by atoms with Crippen LogP contribution in [-0.2, 0) is 20.9 Å². The number of rotatable bonds is 7. The number of methoxy groups -OCH3 is 1. The number of likely N-dealkylation sites (tertiary alicyclic amines) is 1. The van der Waals surface area contributed by atoms with Crippen LogP contribution in [0.5, 0.6) is 0 Å². The van der Waals surface area contributed by atoms with Gasteiger partial charge in [-0.05, 0) is 6.42 Å². The van der Waals surface area contributed by atoms with Crippen LogP contribution in [0.4, 0.5) is 0 Å². The molecule has 1 aliphatic rings. The average Bonchev–Trinajstić information content (AvgIpc) is 3.09. The second kappa shape index (κ2) is 7.16. The Bertz CT molecular complexity index is 502. The highest BCUT2D eigenvalue weighted by Crippen LogP contribution is 2.31. The summed E-state index contributed by atoms with van der Waals surface area (Å²) in [5, 5.41) is 6.52. The van der Waals surface area contributed by atoms with E-state index in [0.29, 0.717) is 44.1 Å². The summed E-state index contributed by atoms with van der Waals surface area (Å²) in [6.45, 7) is 2.98. The highest BCUT2D eigenvalue weighted by molar-refractivity contribution is 5.78. The number of carbonyl (C=O) groups is 2. The monoisotopic (exact) mass is 296 g/mol. The summed E-state index contributed by atoms with van der Waals surface area (Å²) in [5.74, 6) is 0.825. The first-order valence-corrected chi connectivity index (χ1v) is 7.03. The molecule has 2 heterocycles. The van der Waals surface area contributed by atoms with Crippen molar-refractivity contribution in [3.05, 3.63) is 11.7 Å². The summed E-state index contributed by atoms with van der Waals surface area (Å²) in [4.78, 5) is 29.0. The van der Waals surface area contributed by atoms with Gasteiger partial charge in [0.1, 0.15) is 6.04 Å². The minimum absolute atomic E-state index is 0.0658. The summed E-state index contributed by atoms with van der Waals surface area (Å²) in [5.41, 5.74) is 0. The Hall–Kier alpha value is -1.96. The van der Waals surface area contributed by atoms with Gasteiger partial charge < -0.3 is 19.5 Å². The summed E-state index contributed by atoms with van der Waals surface area (Å²) >= 11 is 0. The van der Waals surface area contributed by atoms with Crippen molar-refractivity contribution in [2.24, 2.45) is 0 Å². The lowest BCUT2D eigenvalue weighted by Crippen LogP contribution is -2.31. The van der Waals surface area contributed by atoms with Crippen LogP contribution in [0.2, 0.25) is 0 Å². The smallest absolute Gasteiger partial charge is 0.249 e. The first kappa shape index (κ1) is 15.4. The standard InChI is InChI=1S/C13H20N4O4/c1-3-11(18)14-8-10-15-13(21-16-10)9-4-5-12(19)17(9)6-7-20-2/h9H,3-8H2,1-2H3,(H,14,18)/t9-/m0/s1. The van der Waals surface area contributed by atoms with Crippen molar-refractivity contribution in [3.8, 4) is 0 Å². The molecule has 21 heavy (non-hydrogen) atoms. The number of hydrogen-bond donors (Lipinski definition) is 1. The number of amides is 2. The van der Waals surface area contributed by atoms with Gasteiger partial charge in [0.05, 0.1) is 13.2 Å². The van der Waals surface area contributed by atoms with Gasteiger partial charge in [0, 0.05) is 26.5 Å². The van der Waals surface area contributed by atoms with Crippen LogP contribution < -0.4 is 5.32 Å². The lowest BCUT2D eigenvalue weighted by atomic mass is 10.2. The van der Waals surface area contributed by atoms with E-state index in [-0.39, 0.29) is 24.4 Å². The second-order valence-corrected chi connectivity index (χ2v) is 4.81. The van der Waals surface area contributed by atoms with Gasteiger partial charge in [-0.1, -0.05) is 12.1 Å². The minimum Gasteiger partial charge on any atom is -0.383 e. The molecular formula is C13H20N4O4. The molecule has 116 valence electrons. The molecule has 1 N–H and O–H groups in total. The second-order valence-electron chi connectivity index (χ2n) is 4.81. The molecule has 1 saturated heterocycles. The zero-order chi connectivity index (χ0) is 15.2. The van der Waals surface area contributed by atoms with Crippen molar-refractivity contribution >= 4 is 11.8 Å². The van der Waals surface area contributed by atoms with Crippen molar-refractivity contribution < 1.29 is 18.8 Å². The highest BCUT2D eigenvalue weighted by atomic mass is 16.5. The Morgan fingerprint density at radius 1 is 1.57 bits per heavy atom. The minimum atomic E-state index is -0.198. The molecule has 2 amide bonds. The number of carbonyl (C=O) groups excluding carboxylic acids is 2. The van der Waals surface area contributed by atoms with Gasteiger partial charge in [-0.2, -0.15) is 4.98 Å². The number of aromatic nitrogens is 2. The SMILES string of the molecule is CCC(=O)NCc1noc([C@@H]2CCC(=O)N2CCOC)n1. The molecule has 0 saturated carbocycles. The van der Waals surface area contributed by atoms with E-state index in [1.54, 1.807) is 18.9 Å². The number of nitrogens with zero attached hydrogens (tertiary/aromatic N) is 3. The molecular weight excluding hydrogens is 276 g/mol. The quantitative estimate of drug-likeness (QED) is 0.782. The maximum absolute atomic E-state index is 11.8. The Balaban J connectivity index is 1.99. The third kappa shape index (κ3) is 3.78. The van der Waals surface area contributed by atoms with Crippen molar-refractivity contribution in [1.82, 2.24) is 20.4 Å². The Morgan fingerprint density at radius 2 is 2.38 bits per heavy atom. The van der Waals surface area contributed by atoms with Gasteiger partial charge in [0.2, 0.25) is 17.7 Å². The first-order chi connectivity index (χ1) is 10.2. The lowest BCUT2D eigenvalue weighted by molar-refractivity contribution is -0.130. The van der Waals surface area contributed by atoms with E-state index in [2.05, 4.69) is 15.5 Å². The molecule has 1 aromatic rings. The molecule has 1 aliphatic heterocycles. The predicted octanol–water partition coefficient (Wildman–Crippen LogP) is 0.406. The molecule has 8 heteroatoms. The largest absolute Gasteiger partial charge is 0.383 e. The molecule has 1 atom stereocenters. The molecule has 0 unspecified atom stereocenters. The van der Waals surface area contributed by atoms with Crippen molar-refractivity contribution in [2.45, 2.75) is 38.8 Å². The van der Waals surface area contributed by atoms with Crippen molar-refractivity contribution in [1.29, 1.82) is 0 Å². The van der Waals surface area contributed by atoms with Crippen molar-refractivity contribution in [3.63, 3.8) is 0 Å². The zero-order valence-corrected chi connectivity index (χ0v) is 12.3. The molecule has 0 bridgehead atoms. The fourth-order valence-electron chi connectivity index (χ4n) is 2.24. The Kier molecular flexibility index (Phi) is 5.26. The van der Waals surface area contributed by atoms with Gasteiger partial charge in [-0.25, -0.2) is 0 Å². The summed E-state index contributed by atoms with van der Waals surface area (Å²) < 4.78 is 10.2. The van der Waals surface area contributed by atoms with E-state index in [4.69, 9.17) is 9.26 Å². The molecule has 1 aromatic heterocycles. The summed E-state index contributed by atoms with van der Waals surface area (Å²) in [6.07, 6.45) is 1.54. The maximum Gasteiger partial charge on any atom is 0.249 e. The number of ether oxygens (including phenoxy) is 1. The molecule has 2 rings (SSSR count). The van der Waals surface area contributed by atoms with Crippen LogP contribution in [0, 0.1) is 0 Å². The van der Waals surface area contributed by atoms with E-state index in [1.165, 1.54) is 0 Å². The zero-order valence-electron chi connectivity index (χ0n) is 12.3. The molecule has 1 fully saturated rings. The Morgan fingerprint density at radius 3 is 3.10 bits per heavy atom. The molecule has 0 radical (unpaired) electrons. The summed E-state index contributed by atoms with van der Waals surface area (Å²) in [7, 11) is 1.59. The summed E-state index contributed by atoms with van der Waals surface area (Å²) in [6, 6.07) is -0.198. The highest BCUT2D eigenvalue weighted by Gasteiger charge is 2.35. The van der Waals surface area contributed by atoms with E-state index >= 15 is 0 Å². The Labute approximate surface area is 122 Å². The van der Waals surface area contributed by atoms with Crippen LogP contribution in [0.1, 0.15) is 43.9 Å². The van der Waals surface area contributed by atoms with Crippen LogP contribution in [0.15, 0.2) is 4.52 Å². The van der Waals surface area contributed by atoms with E-state index < -0.39 is 0 Å². The fourth-order valence-corrected chi connectivity index (χ4v) is 2.24. The van der Waals surface area contributed by atoms with Crippen LogP contribution >= 0.6 is 0 Å². The van der Waals surface area contributed by atoms with Gasteiger partial charge in [0.25, 0.3) is 0 Å². The third-order valence-electron chi connectivity index (χ3n) is 3.40. The van der Waals surface area contributed by atoms with Gasteiger partial charge >= 0.3 is 0 Å². The number of hydrogen-bond acceptors (Lipinski definition) is 6. The first-order valence-electron chi connectivity index (χ1n) is 7.03. The van der Waals surface area contributed by atoms with Gasteiger partial charge in [-0.15, -0.1) is 0 Å². The van der Waals surface area contributed by atoms with Crippen LogP contribution in [0.25, 0.3) is 0 Å². The van der Waals surface area contributed by atoms with E-state index in [0.717, 1.165) is 0 Å². The van der Waals surface area contributed by atoms with E-state index in [9.17, 15) is 9.59 Å². The number of nitrogens with one attached hydrogen (secondary N) is 1. The predicted molar refractivity (Wildman–Crippen MR) is 72.0 cm³/mol. The average molecular weight is 296 g/mol. The van der Waals surface area contributed by atoms with Crippen LogP contribution in [-0.4, -0.2) is 47.1 Å². The lowest BCUT2D eigenvalue weighted by Gasteiger charge is -2.21. The van der Waals surface area contributed by atoms with E-state index in [1.807, 2.05) is 0 Å². The maximum atomic E-state index is 11.8. The molecule has 0 aromatic carbocycles. The molecule has 0 aliphatic carbocycles. The third-order valence-corrected chi connectivity index (χ3v) is 3.40. The molecule has 0 spiro atoms. The molecule has 8 nitrogen and oxygen atoms in total. The topological polar surface area (TPSA) is 97.6 Å². The van der Waals surface area contributed by atoms with Crippen molar-refractivity contribution in [2.75, 3.05) is 20.3 Å². The normalized spacial score (nSPS) is 18.3. The fraction of sp³-hybridized carbons (Fsp3) is 0.692. The van der Waals surface area contributed by atoms with Crippen LogP contribution in [0.3, 0.4) is 0 Å². The van der Waals surface area contributed by atoms with Gasteiger partial charge in [0.15, 0.2) is 5.82 Å². The van der Waals surface area contributed by atoms with Gasteiger partial charge in [-0.3, -0.25) is 9.59 Å².